The lowest BCUT2D eigenvalue weighted by molar-refractivity contribution is 0.333. The van der Waals surface area contributed by atoms with Crippen LogP contribution in [-0.2, 0) is 10.0 Å². The molecule has 0 amide bonds. The second-order valence-electron chi connectivity index (χ2n) is 5.95. The van der Waals surface area contributed by atoms with Gasteiger partial charge in [0.15, 0.2) is 0 Å². The molecule has 0 aliphatic carbocycles. The standard InChI is InChI=1S/C20H21N3O3S2/c1-23(28(24,25)20-8-3-2-7-19(20)27)17-5-4-6-18(15-17)26-14-13-22-16-9-11-21-12-10-16/h2-12,15,27H,13-14H2,1H3,(H,21,22). The van der Waals surface area contributed by atoms with Crippen molar-refractivity contribution >= 4 is 34.0 Å². The number of nitrogens with zero attached hydrogens (tertiary/aromatic N) is 2. The third-order valence-corrected chi connectivity index (χ3v) is 6.45. The molecular formula is C20H21N3O3S2. The first kappa shape index (κ1) is 20.0. The van der Waals surface area contributed by atoms with Crippen LogP contribution in [0, 0.1) is 0 Å². The summed E-state index contributed by atoms with van der Waals surface area (Å²) >= 11 is 4.26. The van der Waals surface area contributed by atoms with E-state index in [0.29, 0.717) is 29.5 Å². The molecule has 3 aromatic rings. The Kier molecular flexibility index (Phi) is 6.43. The molecule has 0 aliphatic heterocycles. The molecule has 0 fully saturated rings. The Morgan fingerprint density at radius 1 is 1.07 bits per heavy atom. The molecule has 0 bridgehead atoms. The largest absolute Gasteiger partial charge is 0.492 e. The van der Waals surface area contributed by atoms with Crippen LogP contribution < -0.4 is 14.4 Å². The summed E-state index contributed by atoms with van der Waals surface area (Å²) in [5.41, 5.74) is 1.47. The summed E-state index contributed by atoms with van der Waals surface area (Å²) in [4.78, 5) is 4.53. The van der Waals surface area contributed by atoms with E-state index in [1.54, 1.807) is 60.9 Å². The number of sulfonamides is 1. The van der Waals surface area contributed by atoms with Gasteiger partial charge in [-0.25, -0.2) is 8.42 Å². The van der Waals surface area contributed by atoms with Gasteiger partial charge in [0.2, 0.25) is 0 Å². The maximum atomic E-state index is 12.9. The number of aromatic nitrogens is 1. The second kappa shape index (κ2) is 8.99. The first-order valence-electron chi connectivity index (χ1n) is 8.62. The third kappa shape index (κ3) is 4.76. The molecule has 2 aromatic carbocycles. The highest BCUT2D eigenvalue weighted by Crippen LogP contribution is 2.28. The van der Waals surface area contributed by atoms with Gasteiger partial charge >= 0.3 is 0 Å². The SMILES string of the molecule is CN(c1cccc(OCCNc2ccncc2)c1)S(=O)(=O)c1ccccc1S. The number of anilines is 2. The van der Waals surface area contributed by atoms with Crippen LogP contribution in [0.5, 0.6) is 5.75 Å². The van der Waals surface area contributed by atoms with E-state index in [1.807, 2.05) is 12.1 Å². The fourth-order valence-electron chi connectivity index (χ4n) is 2.56. The summed E-state index contributed by atoms with van der Waals surface area (Å²) in [7, 11) is -2.20. The smallest absolute Gasteiger partial charge is 0.265 e. The van der Waals surface area contributed by atoms with E-state index in [-0.39, 0.29) is 4.90 Å². The zero-order chi connectivity index (χ0) is 20.0. The monoisotopic (exact) mass is 415 g/mol. The molecule has 3 rings (SSSR count). The lowest BCUT2D eigenvalue weighted by Gasteiger charge is -2.21. The summed E-state index contributed by atoms with van der Waals surface area (Å²) in [5, 5.41) is 3.22. The number of thiol groups is 1. The van der Waals surface area contributed by atoms with Gasteiger partial charge in [0.1, 0.15) is 17.3 Å². The summed E-state index contributed by atoms with van der Waals surface area (Å²) in [6.07, 6.45) is 3.43. The molecule has 6 nitrogen and oxygen atoms in total. The molecule has 1 N–H and O–H groups in total. The van der Waals surface area contributed by atoms with E-state index < -0.39 is 10.0 Å². The fraction of sp³-hybridized carbons (Fsp3) is 0.150. The predicted molar refractivity (Wildman–Crippen MR) is 114 cm³/mol. The molecule has 0 radical (unpaired) electrons. The number of rotatable bonds is 8. The highest BCUT2D eigenvalue weighted by atomic mass is 32.2. The number of benzene rings is 2. The summed E-state index contributed by atoms with van der Waals surface area (Å²) in [6.45, 7) is 1.04. The Bertz CT molecular complexity index is 1030. The van der Waals surface area contributed by atoms with Gasteiger partial charge in [-0.15, -0.1) is 12.6 Å². The average Bonchev–Trinajstić information content (AvgIpc) is 2.72. The van der Waals surface area contributed by atoms with E-state index >= 15 is 0 Å². The van der Waals surface area contributed by atoms with Crippen LogP contribution in [0.2, 0.25) is 0 Å². The first-order valence-corrected chi connectivity index (χ1v) is 10.5. The summed E-state index contributed by atoms with van der Waals surface area (Å²) < 4.78 is 32.8. The Hall–Kier alpha value is -2.71. The molecule has 0 saturated heterocycles. The van der Waals surface area contributed by atoms with Crippen LogP contribution in [-0.4, -0.2) is 33.6 Å². The van der Waals surface area contributed by atoms with E-state index in [1.165, 1.54) is 11.4 Å². The van der Waals surface area contributed by atoms with Gasteiger partial charge in [0.05, 0.1) is 5.69 Å². The molecule has 146 valence electrons. The van der Waals surface area contributed by atoms with Gasteiger partial charge < -0.3 is 10.1 Å². The molecule has 0 aliphatic rings. The summed E-state index contributed by atoms with van der Waals surface area (Å²) in [6, 6.07) is 17.3. The Morgan fingerprint density at radius 2 is 1.82 bits per heavy atom. The molecule has 0 atom stereocenters. The van der Waals surface area contributed by atoms with E-state index in [0.717, 1.165) is 5.69 Å². The Morgan fingerprint density at radius 3 is 2.57 bits per heavy atom. The minimum atomic E-state index is -3.72. The normalized spacial score (nSPS) is 11.1. The van der Waals surface area contributed by atoms with Crippen molar-refractivity contribution in [3.8, 4) is 5.75 Å². The van der Waals surface area contributed by atoms with Crippen molar-refractivity contribution in [3.05, 3.63) is 73.1 Å². The average molecular weight is 416 g/mol. The molecular weight excluding hydrogens is 394 g/mol. The molecule has 1 aromatic heterocycles. The number of hydrogen-bond acceptors (Lipinski definition) is 6. The predicted octanol–water partition coefficient (Wildman–Crippen LogP) is 3.69. The highest BCUT2D eigenvalue weighted by Gasteiger charge is 2.23. The molecule has 0 saturated carbocycles. The fourth-order valence-corrected chi connectivity index (χ4v) is 4.34. The van der Waals surface area contributed by atoms with E-state index in [9.17, 15) is 8.42 Å². The van der Waals surface area contributed by atoms with Crippen molar-refractivity contribution < 1.29 is 13.2 Å². The van der Waals surface area contributed by atoms with Gasteiger partial charge in [-0.3, -0.25) is 9.29 Å². The van der Waals surface area contributed by atoms with E-state index in [4.69, 9.17) is 4.74 Å². The van der Waals surface area contributed by atoms with Gasteiger partial charge in [-0.05, 0) is 36.4 Å². The first-order chi connectivity index (χ1) is 13.5. The number of pyridine rings is 1. The number of ether oxygens (including phenoxy) is 1. The van der Waals surface area contributed by atoms with E-state index in [2.05, 4.69) is 22.9 Å². The number of nitrogens with one attached hydrogen (secondary N) is 1. The molecule has 0 unspecified atom stereocenters. The minimum absolute atomic E-state index is 0.161. The van der Waals surface area contributed by atoms with Gasteiger partial charge in [0, 0.05) is 42.6 Å². The van der Waals surface area contributed by atoms with Crippen molar-refractivity contribution in [2.45, 2.75) is 9.79 Å². The molecule has 8 heteroatoms. The summed E-state index contributed by atoms with van der Waals surface area (Å²) in [5.74, 6) is 0.593. The molecule has 28 heavy (non-hydrogen) atoms. The van der Waals surface area contributed by atoms with Gasteiger partial charge in [0.25, 0.3) is 10.0 Å². The quantitative estimate of drug-likeness (QED) is 0.434. The molecule has 0 spiro atoms. The van der Waals surface area contributed by atoms with Crippen molar-refractivity contribution in [1.29, 1.82) is 0 Å². The maximum absolute atomic E-state index is 12.9. The third-order valence-electron chi connectivity index (χ3n) is 4.07. The number of hydrogen-bond donors (Lipinski definition) is 2. The van der Waals surface area contributed by atoms with Crippen LogP contribution in [0.1, 0.15) is 0 Å². The van der Waals surface area contributed by atoms with Crippen molar-refractivity contribution in [2.24, 2.45) is 0 Å². The topological polar surface area (TPSA) is 71.5 Å². The van der Waals surface area contributed by atoms with Crippen LogP contribution in [0.25, 0.3) is 0 Å². The molecule has 1 heterocycles. The van der Waals surface area contributed by atoms with Crippen molar-refractivity contribution in [3.63, 3.8) is 0 Å². The zero-order valence-electron chi connectivity index (χ0n) is 15.3. The lowest BCUT2D eigenvalue weighted by Crippen LogP contribution is -2.26. The van der Waals surface area contributed by atoms with Crippen LogP contribution >= 0.6 is 12.6 Å². The van der Waals surface area contributed by atoms with Gasteiger partial charge in [-0.2, -0.15) is 0 Å². The zero-order valence-corrected chi connectivity index (χ0v) is 17.0. The van der Waals surface area contributed by atoms with Gasteiger partial charge in [-0.1, -0.05) is 18.2 Å². The van der Waals surface area contributed by atoms with Crippen molar-refractivity contribution in [2.75, 3.05) is 29.8 Å². The second-order valence-corrected chi connectivity index (χ2v) is 8.37. The maximum Gasteiger partial charge on any atom is 0.265 e. The Balaban J connectivity index is 1.66. The van der Waals surface area contributed by atoms with Crippen molar-refractivity contribution in [1.82, 2.24) is 4.98 Å². The Labute approximate surface area is 170 Å². The highest BCUT2D eigenvalue weighted by molar-refractivity contribution is 7.93. The van der Waals surface area contributed by atoms with Crippen LogP contribution in [0.15, 0.2) is 82.8 Å². The van der Waals surface area contributed by atoms with Crippen LogP contribution in [0.4, 0.5) is 11.4 Å². The minimum Gasteiger partial charge on any atom is -0.492 e. The van der Waals surface area contributed by atoms with Crippen LogP contribution in [0.3, 0.4) is 0 Å². The lowest BCUT2D eigenvalue weighted by atomic mass is 10.3.